The second-order valence-electron chi connectivity index (χ2n) is 2.27. The highest BCUT2D eigenvalue weighted by molar-refractivity contribution is 5.77. The van der Waals surface area contributed by atoms with E-state index < -0.39 is 0 Å². The second kappa shape index (κ2) is 5.05. The summed E-state index contributed by atoms with van der Waals surface area (Å²) in [4.78, 5) is 5.74. The Bertz CT molecular complexity index is 108. The molecule has 1 radical (unpaired) electrons. The van der Waals surface area contributed by atoms with Gasteiger partial charge in [0.25, 0.3) is 0 Å². The lowest BCUT2D eigenvalue weighted by molar-refractivity contribution is 0.411. The van der Waals surface area contributed by atoms with Crippen LogP contribution in [0, 0.1) is 0 Å². The number of hydrogen-bond donors (Lipinski definition) is 1. The summed E-state index contributed by atoms with van der Waals surface area (Å²) in [6.07, 6.45) is 0. The summed E-state index contributed by atoms with van der Waals surface area (Å²) >= 11 is 0. The summed E-state index contributed by atoms with van der Waals surface area (Å²) < 4.78 is 0. The molecule has 4 nitrogen and oxygen atoms in total. The Morgan fingerprint density at radius 2 is 2.10 bits per heavy atom. The van der Waals surface area contributed by atoms with E-state index >= 15 is 0 Å². The van der Waals surface area contributed by atoms with E-state index in [9.17, 15) is 0 Å². The Kier molecular flexibility index (Phi) is 4.66. The van der Waals surface area contributed by atoms with Gasteiger partial charge >= 0.3 is 0 Å². The lowest BCUT2D eigenvalue weighted by Gasteiger charge is -2.07. The Hall–Kier alpha value is -0.770. The quantitative estimate of drug-likeness (QED) is 0.411. The molecule has 0 aliphatic carbocycles. The van der Waals surface area contributed by atoms with Crippen LogP contribution in [-0.4, -0.2) is 45.1 Å². The smallest absolute Gasteiger partial charge is 0.210 e. The topological polar surface area (TPSA) is 55.7 Å². The van der Waals surface area contributed by atoms with Crippen LogP contribution in [0.3, 0.4) is 0 Å². The van der Waals surface area contributed by atoms with Crippen LogP contribution in [0.15, 0.2) is 4.99 Å². The minimum atomic E-state index is 0.377. The van der Waals surface area contributed by atoms with E-state index in [1.807, 2.05) is 19.0 Å². The summed E-state index contributed by atoms with van der Waals surface area (Å²) in [7, 11) is 5.62. The minimum absolute atomic E-state index is 0.377. The standard InChI is InChI=1S/C6H15N4/c1-8-6(7)9-4-5-10(2)3/h4-5H2,1-3H3,(H2,7,8). The van der Waals surface area contributed by atoms with Crippen LogP contribution in [-0.2, 0) is 0 Å². The van der Waals surface area contributed by atoms with Crippen molar-refractivity contribution in [3.63, 3.8) is 0 Å². The first-order valence-electron chi connectivity index (χ1n) is 3.21. The lowest BCUT2D eigenvalue weighted by atomic mass is 10.6. The maximum Gasteiger partial charge on any atom is 0.210 e. The number of likely N-dealkylation sites (N-methyl/N-ethyl adjacent to an activating group) is 1. The maximum absolute atomic E-state index is 5.32. The van der Waals surface area contributed by atoms with Gasteiger partial charge in [-0.3, -0.25) is 10.3 Å². The molecule has 0 heterocycles. The molecular weight excluding hydrogens is 128 g/mol. The van der Waals surface area contributed by atoms with E-state index in [2.05, 4.69) is 10.3 Å². The Morgan fingerprint density at radius 3 is 2.50 bits per heavy atom. The van der Waals surface area contributed by atoms with Crippen molar-refractivity contribution >= 4 is 5.96 Å². The summed E-state index contributed by atoms with van der Waals surface area (Å²) in [6.45, 7) is 1.63. The van der Waals surface area contributed by atoms with Crippen LogP contribution in [0.5, 0.6) is 0 Å². The first-order chi connectivity index (χ1) is 4.66. The molecule has 0 amide bonds. The molecule has 0 aromatic carbocycles. The molecular formula is C6H15N4. The van der Waals surface area contributed by atoms with Crippen LogP contribution in [0.25, 0.3) is 0 Å². The van der Waals surface area contributed by atoms with Crippen LogP contribution in [0.4, 0.5) is 0 Å². The van der Waals surface area contributed by atoms with E-state index in [-0.39, 0.29) is 0 Å². The number of aliphatic imine (C=N–C) groups is 1. The zero-order valence-electron chi connectivity index (χ0n) is 6.83. The maximum atomic E-state index is 5.32. The van der Waals surface area contributed by atoms with Gasteiger partial charge in [0.05, 0.1) is 6.54 Å². The molecule has 0 unspecified atom stereocenters. The zero-order chi connectivity index (χ0) is 7.98. The lowest BCUT2D eigenvalue weighted by Crippen LogP contribution is -2.30. The highest BCUT2D eigenvalue weighted by atomic mass is 15.1. The third kappa shape index (κ3) is 5.37. The number of hydrogen-bond acceptors (Lipinski definition) is 2. The molecule has 4 heteroatoms. The third-order valence-corrected chi connectivity index (χ3v) is 1.05. The summed E-state index contributed by atoms with van der Waals surface area (Å²) in [5, 5.41) is 3.97. The van der Waals surface area contributed by atoms with Gasteiger partial charge in [-0.1, -0.05) is 0 Å². The SMILES string of the molecule is CN=C(N)[N]CCN(C)C. The van der Waals surface area contributed by atoms with E-state index in [1.165, 1.54) is 0 Å². The van der Waals surface area contributed by atoms with Gasteiger partial charge in [-0.05, 0) is 14.1 Å². The van der Waals surface area contributed by atoms with Crippen LogP contribution in [0.2, 0.25) is 0 Å². The predicted molar refractivity (Wildman–Crippen MR) is 43.1 cm³/mol. The molecule has 0 aromatic heterocycles. The van der Waals surface area contributed by atoms with Crippen molar-refractivity contribution in [3.8, 4) is 0 Å². The Balaban J connectivity index is 3.20. The number of nitrogens with two attached hydrogens (primary N) is 1. The summed E-state index contributed by atoms with van der Waals surface area (Å²) in [5.74, 6) is 0.377. The fourth-order valence-electron chi connectivity index (χ4n) is 0.435. The molecule has 0 rings (SSSR count). The third-order valence-electron chi connectivity index (χ3n) is 1.05. The fourth-order valence-corrected chi connectivity index (χ4v) is 0.435. The fraction of sp³-hybridized carbons (Fsp3) is 0.833. The van der Waals surface area contributed by atoms with Crippen molar-refractivity contribution in [1.29, 1.82) is 0 Å². The molecule has 0 aliphatic heterocycles. The van der Waals surface area contributed by atoms with Crippen molar-refractivity contribution < 1.29 is 0 Å². The van der Waals surface area contributed by atoms with E-state index in [0.29, 0.717) is 5.96 Å². The van der Waals surface area contributed by atoms with Crippen LogP contribution < -0.4 is 11.1 Å². The number of rotatable bonds is 3. The van der Waals surface area contributed by atoms with Crippen molar-refractivity contribution in [2.75, 3.05) is 34.2 Å². The van der Waals surface area contributed by atoms with Gasteiger partial charge < -0.3 is 10.6 Å². The van der Waals surface area contributed by atoms with Gasteiger partial charge in [0.2, 0.25) is 5.96 Å². The molecule has 59 valence electrons. The highest BCUT2D eigenvalue weighted by Gasteiger charge is 1.92. The number of guanidine groups is 1. The molecule has 0 spiro atoms. The van der Waals surface area contributed by atoms with Crippen molar-refractivity contribution in [2.24, 2.45) is 10.7 Å². The van der Waals surface area contributed by atoms with Gasteiger partial charge in [0.15, 0.2) is 0 Å². The van der Waals surface area contributed by atoms with Gasteiger partial charge in [-0.15, -0.1) is 0 Å². The monoisotopic (exact) mass is 143 g/mol. The normalized spacial score (nSPS) is 12.2. The summed E-state index contributed by atoms with van der Waals surface area (Å²) in [6, 6.07) is 0. The number of nitrogens with zero attached hydrogens (tertiary/aromatic N) is 3. The van der Waals surface area contributed by atoms with E-state index in [4.69, 9.17) is 5.73 Å². The highest BCUT2D eigenvalue weighted by Crippen LogP contribution is 1.71. The van der Waals surface area contributed by atoms with E-state index in [0.717, 1.165) is 13.1 Å². The van der Waals surface area contributed by atoms with Gasteiger partial charge in [-0.25, -0.2) is 0 Å². The molecule has 0 saturated heterocycles. The van der Waals surface area contributed by atoms with Crippen LogP contribution in [0.1, 0.15) is 0 Å². The molecule has 0 aliphatic rings. The van der Waals surface area contributed by atoms with Gasteiger partial charge in [0.1, 0.15) is 0 Å². The average molecular weight is 143 g/mol. The Labute approximate surface area is 62.1 Å². The molecule has 0 aromatic rings. The first-order valence-corrected chi connectivity index (χ1v) is 3.21. The van der Waals surface area contributed by atoms with Gasteiger partial charge in [-0.2, -0.15) is 0 Å². The molecule has 0 atom stereocenters. The van der Waals surface area contributed by atoms with Crippen molar-refractivity contribution in [1.82, 2.24) is 10.2 Å². The molecule has 2 N–H and O–H groups in total. The van der Waals surface area contributed by atoms with Gasteiger partial charge in [0, 0.05) is 13.6 Å². The molecule has 0 fully saturated rings. The first kappa shape index (κ1) is 9.23. The Morgan fingerprint density at radius 1 is 1.50 bits per heavy atom. The molecule has 0 bridgehead atoms. The summed E-state index contributed by atoms with van der Waals surface area (Å²) in [5.41, 5.74) is 5.32. The molecule has 0 saturated carbocycles. The molecule has 10 heavy (non-hydrogen) atoms. The largest absolute Gasteiger partial charge is 0.368 e. The minimum Gasteiger partial charge on any atom is -0.368 e. The van der Waals surface area contributed by atoms with Crippen LogP contribution >= 0.6 is 0 Å². The van der Waals surface area contributed by atoms with E-state index in [1.54, 1.807) is 7.05 Å². The zero-order valence-corrected chi connectivity index (χ0v) is 6.83. The second-order valence-corrected chi connectivity index (χ2v) is 2.27. The average Bonchev–Trinajstić information content (AvgIpc) is 1.87. The van der Waals surface area contributed by atoms with Crippen molar-refractivity contribution in [3.05, 3.63) is 0 Å². The predicted octanol–water partition coefficient (Wildman–Crippen LogP) is -0.903. The van der Waals surface area contributed by atoms with Crippen molar-refractivity contribution in [2.45, 2.75) is 0 Å².